The van der Waals surface area contributed by atoms with Crippen LogP contribution >= 0.6 is 0 Å². The Morgan fingerprint density at radius 3 is 2.10 bits per heavy atom. The van der Waals surface area contributed by atoms with E-state index in [2.05, 4.69) is 5.32 Å². The van der Waals surface area contributed by atoms with Crippen LogP contribution in [-0.2, 0) is 26.2 Å². The standard InChI is InChI=1S/C30H37N3O6S/c1-22(2)19-31-30(35)23(3)32(20-24-10-9-13-27(18-24)39-5)29(34)21-33(25-11-7-6-8-12-25)40(36,37)28-16-14-26(38-4)15-17-28/h6-18,22-23H,19-21H2,1-5H3,(H,31,35). The number of carbonyl (C=O) groups excluding carboxylic acids is 2. The highest BCUT2D eigenvalue weighted by Gasteiger charge is 2.32. The smallest absolute Gasteiger partial charge is 0.264 e. The molecular formula is C30H37N3O6S. The molecule has 3 aromatic carbocycles. The van der Waals surface area contributed by atoms with Crippen LogP contribution in [0.15, 0.2) is 83.8 Å². The lowest BCUT2D eigenvalue weighted by Crippen LogP contribution is -2.51. The Balaban J connectivity index is 1.99. The Labute approximate surface area is 236 Å². The number of hydrogen-bond acceptors (Lipinski definition) is 6. The second kappa shape index (κ2) is 13.8. The predicted octanol–water partition coefficient (Wildman–Crippen LogP) is 4.09. The maximum Gasteiger partial charge on any atom is 0.264 e. The average molecular weight is 568 g/mol. The molecule has 40 heavy (non-hydrogen) atoms. The van der Waals surface area contributed by atoms with Crippen LogP contribution in [-0.4, -0.2) is 58.5 Å². The maximum atomic E-state index is 13.9. The van der Waals surface area contributed by atoms with Crippen molar-refractivity contribution in [2.24, 2.45) is 5.92 Å². The van der Waals surface area contributed by atoms with E-state index in [1.807, 2.05) is 19.9 Å². The zero-order chi connectivity index (χ0) is 29.3. The number of benzene rings is 3. The summed E-state index contributed by atoms with van der Waals surface area (Å²) in [5, 5.41) is 2.88. The Bertz CT molecular complexity index is 1380. The number of para-hydroxylation sites is 1. The van der Waals surface area contributed by atoms with Crippen molar-refractivity contribution in [1.29, 1.82) is 0 Å². The van der Waals surface area contributed by atoms with Gasteiger partial charge in [0.2, 0.25) is 11.8 Å². The zero-order valence-electron chi connectivity index (χ0n) is 23.5. The molecule has 9 nitrogen and oxygen atoms in total. The number of amides is 2. The van der Waals surface area contributed by atoms with Crippen LogP contribution in [0.2, 0.25) is 0 Å². The first-order valence-corrected chi connectivity index (χ1v) is 14.4. The van der Waals surface area contributed by atoms with E-state index in [0.717, 1.165) is 9.87 Å². The lowest BCUT2D eigenvalue weighted by molar-refractivity contribution is -0.139. The maximum absolute atomic E-state index is 13.9. The van der Waals surface area contributed by atoms with E-state index in [9.17, 15) is 18.0 Å². The largest absolute Gasteiger partial charge is 0.497 e. The molecule has 1 atom stereocenters. The van der Waals surface area contributed by atoms with Gasteiger partial charge in [-0.3, -0.25) is 13.9 Å². The number of hydrogen-bond donors (Lipinski definition) is 1. The first-order valence-electron chi connectivity index (χ1n) is 13.0. The van der Waals surface area contributed by atoms with Gasteiger partial charge in [0, 0.05) is 13.1 Å². The summed E-state index contributed by atoms with van der Waals surface area (Å²) < 4.78 is 39.2. The predicted molar refractivity (Wildman–Crippen MR) is 155 cm³/mol. The van der Waals surface area contributed by atoms with Gasteiger partial charge in [0.15, 0.2) is 0 Å². The fourth-order valence-corrected chi connectivity index (χ4v) is 5.41. The van der Waals surface area contributed by atoms with Crippen molar-refractivity contribution in [3.63, 3.8) is 0 Å². The van der Waals surface area contributed by atoms with Gasteiger partial charge in [-0.15, -0.1) is 0 Å². The fraction of sp³-hybridized carbons (Fsp3) is 0.333. The second-order valence-corrected chi connectivity index (χ2v) is 11.6. The van der Waals surface area contributed by atoms with E-state index in [0.29, 0.717) is 23.7 Å². The number of rotatable bonds is 13. The molecule has 214 valence electrons. The highest BCUT2D eigenvalue weighted by atomic mass is 32.2. The molecule has 0 aliphatic rings. The van der Waals surface area contributed by atoms with E-state index < -0.39 is 28.5 Å². The van der Waals surface area contributed by atoms with E-state index >= 15 is 0 Å². The highest BCUT2D eigenvalue weighted by molar-refractivity contribution is 7.92. The molecule has 0 aliphatic heterocycles. The molecule has 0 fully saturated rings. The number of sulfonamides is 1. The van der Waals surface area contributed by atoms with E-state index in [-0.39, 0.29) is 23.3 Å². The minimum absolute atomic E-state index is 0.00650. The van der Waals surface area contributed by atoms with Crippen molar-refractivity contribution in [2.45, 2.75) is 38.3 Å². The molecule has 1 N–H and O–H groups in total. The van der Waals surface area contributed by atoms with Crippen molar-refractivity contribution in [2.75, 3.05) is 31.6 Å². The van der Waals surface area contributed by atoms with Gasteiger partial charge >= 0.3 is 0 Å². The molecule has 0 saturated carbocycles. The van der Waals surface area contributed by atoms with Crippen molar-refractivity contribution in [1.82, 2.24) is 10.2 Å². The summed E-state index contributed by atoms with van der Waals surface area (Å²) in [4.78, 5) is 28.4. The van der Waals surface area contributed by atoms with Crippen LogP contribution in [0.25, 0.3) is 0 Å². The van der Waals surface area contributed by atoms with Gasteiger partial charge in [-0.05, 0) is 66.9 Å². The first-order chi connectivity index (χ1) is 19.1. The van der Waals surface area contributed by atoms with Crippen LogP contribution in [0.5, 0.6) is 11.5 Å². The summed E-state index contributed by atoms with van der Waals surface area (Å²) in [6, 6.07) is 20.7. The monoisotopic (exact) mass is 567 g/mol. The Kier molecular flexibility index (Phi) is 10.6. The molecule has 10 heteroatoms. The number of carbonyl (C=O) groups is 2. The zero-order valence-corrected chi connectivity index (χ0v) is 24.4. The molecule has 2 amide bonds. The minimum Gasteiger partial charge on any atom is -0.497 e. The number of anilines is 1. The summed E-state index contributed by atoms with van der Waals surface area (Å²) >= 11 is 0. The Hall–Kier alpha value is -4.05. The summed E-state index contributed by atoms with van der Waals surface area (Å²) in [7, 11) is -1.11. The molecule has 0 aromatic heterocycles. The molecule has 0 saturated heterocycles. The van der Waals surface area contributed by atoms with Gasteiger partial charge in [0.05, 0.1) is 24.8 Å². The summed E-state index contributed by atoms with van der Waals surface area (Å²) in [6.07, 6.45) is 0. The lowest BCUT2D eigenvalue weighted by atomic mass is 10.1. The highest BCUT2D eigenvalue weighted by Crippen LogP contribution is 2.26. The van der Waals surface area contributed by atoms with E-state index in [4.69, 9.17) is 9.47 Å². The van der Waals surface area contributed by atoms with Crippen molar-refractivity contribution >= 4 is 27.5 Å². The van der Waals surface area contributed by atoms with Crippen LogP contribution < -0.4 is 19.1 Å². The van der Waals surface area contributed by atoms with Crippen LogP contribution in [0.1, 0.15) is 26.3 Å². The molecule has 0 heterocycles. The lowest BCUT2D eigenvalue weighted by Gasteiger charge is -2.32. The van der Waals surface area contributed by atoms with E-state index in [1.165, 1.54) is 24.1 Å². The van der Waals surface area contributed by atoms with Crippen molar-refractivity contribution < 1.29 is 27.5 Å². The van der Waals surface area contributed by atoms with Gasteiger partial charge < -0.3 is 19.7 Å². The number of nitrogens with one attached hydrogen (secondary N) is 1. The fourth-order valence-electron chi connectivity index (χ4n) is 4.00. The third-order valence-corrected chi connectivity index (χ3v) is 8.10. The Morgan fingerprint density at radius 2 is 1.50 bits per heavy atom. The molecule has 3 rings (SSSR count). The number of nitrogens with zero attached hydrogens (tertiary/aromatic N) is 2. The second-order valence-electron chi connectivity index (χ2n) is 9.71. The van der Waals surface area contributed by atoms with Gasteiger partial charge in [0.1, 0.15) is 24.1 Å². The van der Waals surface area contributed by atoms with Gasteiger partial charge in [0.25, 0.3) is 10.0 Å². The van der Waals surface area contributed by atoms with E-state index in [1.54, 1.807) is 74.7 Å². The van der Waals surface area contributed by atoms with Crippen molar-refractivity contribution in [3.8, 4) is 11.5 Å². The van der Waals surface area contributed by atoms with Crippen LogP contribution in [0.3, 0.4) is 0 Å². The molecule has 0 bridgehead atoms. The number of ether oxygens (including phenoxy) is 2. The first kappa shape index (κ1) is 30.5. The van der Waals surface area contributed by atoms with Gasteiger partial charge in [-0.1, -0.05) is 44.2 Å². The molecule has 0 aliphatic carbocycles. The summed E-state index contributed by atoms with van der Waals surface area (Å²) in [5.41, 5.74) is 1.06. The van der Waals surface area contributed by atoms with Crippen LogP contribution in [0, 0.1) is 5.92 Å². The van der Waals surface area contributed by atoms with Gasteiger partial charge in [-0.2, -0.15) is 0 Å². The average Bonchev–Trinajstić information content (AvgIpc) is 2.97. The third-order valence-electron chi connectivity index (χ3n) is 6.31. The topological polar surface area (TPSA) is 105 Å². The Morgan fingerprint density at radius 1 is 0.850 bits per heavy atom. The SMILES string of the molecule is COc1ccc(S(=O)(=O)N(CC(=O)N(Cc2cccc(OC)c2)C(C)C(=O)NCC(C)C)c2ccccc2)cc1. The van der Waals surface area contributed by atoms with Crippen molar-refractivity contribution in [3.05, 3.63) is 84.4 Å². The third kappa shape index (κ3) is 7.75. The molecule has 0 spiro atoms. The summed E-state index contributed by atoms with van der Waals surface area (Å²) in [5.74, 6) is 0.480. The van der Waals surface area contributed by atoms with Gasteiger partial charge in [-0.25, -0.2) is 8.42 Å². The molecular weight excluding hydrogens is 530 g/mol. The summed E-state index contributed by atoms with van der Waals surface area (Å²) in [6.45, 7) is 5.62. The van der Waals surface area contributed by atoms with Crippen LogP contribution in [0.4, 0.5) is 5.69 Å². The molecule has 0 radical (unpaired) electrons. The minimum atomic E-state index is -4.15. The normalized spacial score (nSPS) is 11.9. The molecule has 3 aromatic rings. The molecule has 1 unspecified atom stereocenters. The number of methoxy groups -OCH3 is 2. The quantitative estimate of drug-likeness (QED) is 0.334.